The Morgan fingerprint density at radius 2 is 2.05 bits per heavy atom. The lowest BCUT2D eigenvalue weighted by atomic mass is 10.1. The second kappa shape index (κ2) is 7.62. The highest BCUT2D eigenvalue weighted by molar-refractivity contribution is 7.07. The Hall–Kier alpha value is -1.92. The Morgan fingerprint density at radius 1 is 1.25 bits per heavy atom. The lowest BCUT2D eigenvalue weighted by Crippen LogP contribution is -2.36. The summed E-state index contributed by atoms with van der Waals surface area (Å²) in [5.74, 6) is 0. The van der Waals surface area contributed by atoms with Gasteiger partial charge in [0.1, 0.15) is 0 Å². The molecule has 1 aromatic heterocycles. The predicted octanol–water partition coefficient (Wildman–Crippen LogP) is 1.68. The van der Waals surface area contributed by atoms with Crippen molar-refractivity contribution >= 4 is 17.4 Å². The van der Waals surface area contributed by atoms with Gasteiger partial charge in [-0.25, -0.2) is 9.78 Å². The Bertz CT molecular complexity index is 543. The predicted molar refractivity (Wildman–Crippen MR) is 78.4 cm³/mol. The number of aliphatic hydroxyl groups excluding tert-OH is 1. The summed E-state index contributed by atoms with van der Waals surface area (Å²) in [6, 6.07) is 7.27. The number of aliphatic hydroxyl groups is 1. The highest BCUT2D eigenvalue weighted by atomic mass is 32.1. The van der Waals surface area contributed by atoms with Crippen LogP contribution < -0.4 is 10.6 Å². The van der Waals surface area contributed by atoms with Gasteiger partial charge in [0.25, 0.3) is 0 Å². The van der Waals surface area contributed by atoms with Crippen molar-refractivity contribution in [3.8, 4) is 0 Å². The Labute approximate surface area is 121 Å². The lowest BCUT2D eigenvalue weighted by Gasteiger charge is -2.09. The number of nitrogens with one attached hydrogen (secondary N) is 2. The third kappa shape index (κ3) is 4.32. The molecule has 0 unspecified atom stereocenters. The molecule has 2 amide bonds. The van der Waals surface area contributed by atoms with Crippen LogP contribution in [0.2, 0.25) is 0 Å². The normalized spacial score (nSPS) is 10.2. The van der Waals surface area contributed by atoms with Gasteiger partial charge in [-0.05, 0) is 11.1 Å². The van der Waals surface area contributed by atoms with Gasteiger partial charge in [0.05, 0.1) is 17.8 Å². The summed E-state index contributed by atoms with van der Waals surface area (Å²) in [6.45, 7) is 0.930. The van der Waals surface area contributed by atoms with E-state index in [-0.39, 0.29) is 12.6 Å². The van der Waals surface area contributed by atoms with Crippen LogP contribution in [0.25, 0.3) is 0 Å². The fourth-order valence-corrected chi connectivity index (χ4v) is 2.38. The molecule has 0 bridgehead atoms. The summed E-state index contributed by atoms with van der Waals surface area (Å²) < 4.78 is 0. The van der Waals surface area contributed by atoms with E-state index in [9.17, 15) is 9.90 Å². The van der Waals surface area contributed by atoms with E-state index in [1.807, 2.05) is 29.6 Å². The third-order valence-electron chi connectivity index (χ3n) is 2.88. The molecule has 20 heavy (non-hydrogen) atoms. The summed E-state index contributed by atoms with van der Waals surface area (Å²) in [4.78, 5) is 15.8. The molecule has 0 aliphatic heterocycles. The zero-order chi connectivity index (χ0) is 14.2. The third-order valence-corrected chi connectivity index (χ3v) is 3.51. The Kier molecular flexibility index (Phi) is 5.52. The summed E-state index contributed by atoms with van der Waals surface area (Å²) in [6.07, 6.45) is 0.726. The largest absolute Gasteiger partial charge is 0.392 e. The van der Waals surface area contributed by atoms with Crippen LogP contribution in [0.1, 0.15) is 16.8 Å². The number of aromatic nitrogens is 1. The number of urea groups is 1. The minimum atomic E-state index is -0.215. The van der Waals surface area contributed by atoms with Crippen molar-refractivity contribution in [3.05, 3.63) is 52.0 Å². The molecule has 6 heteroatoms. The first-order valence-electron chi connectivity index (χ1n) is 6.36. The molecule has 2 rings (SSSR count). The summed E-state index contributed by atoms with van der Waals surface area (Å²) >= 11 is 1.55. The molecule has 0 atom stereocenters. The second-order valence-corrected chi connectivity index (χ2v) is 4.98. The van der Waals surface area contributed by atoms with Crippen LogP contribution in [-0.2, 0) is 19.6 Å². The first-order chi connectivity index (χ1) is 9.79. The molecule has 1 heterocycles. The van der Waals surface area contributed by atoms with E-state index in [1.165, 1.54) is 0 Å². The molecular weight excluding hydrogens is 274 g/mol. The van der Waals surface area contributed by atoms with Crippen molar-refractivity contribution in [3.63, 3.8) is 0 Å². The van der Waals surface area contributed by atoms with Gasteiger partial charge in [0.15, 0.2) is 0 Å². The summed E-state index contributed by atoms with van der Waals surface area (Å²) in [5, 5.41) is 16.7. The molecule has 106 valence electrons. The molecule has 0 aliphatic rings. The fourth-order valence-electron chi connectivity index (χ4n) is 1.79. The molecule has 0 saturated carbocycles. The Morgan fingerprint density at radius 3 is 2.75 bits per heavy atom. The maximum Gasteiger partial charge on any atom is 0.315 e. The van der Waals surface area contributed by atoms with Crippen LogP contribution in [0.4, 0.5) is 4.79 Å². The maximum atomic E-state index is 11.6. The van der Waals surface area contributed by atoms with Gasteiger partial charge in [-0.1, -0.05) is 24.3 Å². The number of amides is 2. The average Bonchev–Trinajstić information content (AvgIpc) is 2.98. The molecule has 0 spiro atoms. The SMILES string of the molecule is O=C(NCCc1cscn1)NCc1ccccc1CO. The van der Waals surface area contributed by atoms with Crippen LogP contribution >= 0.6 is 11.3 Å². The number of nitrogens with zero attached hydrogens (tertiary/aromatic N) is 1. The first-order valence-corrected chi connectivity index (χ1v) is 7.30. The molecule has 0 saturated heterocycles. The lowest BCUT2D eigenvalue weighted by molar-refractivity contribution is 0.240. The molecule has 5 nitrogen and oxygen atoms in total. The van der Waals surface area contributed by atoms with Crippen LogP contribution in [0, 0.1) is 0 Å². The fraction of sp³-hybridized carbons (Fsp3) is 0.286. The molecule has 0 radical (unpaired) electrons. The molecule has 3 N–H and O–H groups in total. The molecule has 0 fully saturated rings. The zero-order valence-corrected chi connectivity index (χ0v) is 11.8. The average molecular weight is 291 g/mol. The smallest absolute Gasteiger partial charge is 0.315 e. The van der Waals surface area contributed by atoms with E-state index in [1.54, 1.807) is 16.8 Å². The number of benzene rings is 1. The number of rotatable bonds is 6. The van der Waals surface area contributed by atoms with Gasteiger partial charge in [-0.2, -0.15) is 0 Å². The van der Waals surface area contributed by atoms with E-state index in [4.69, 9.17) is 0 Å². The van der Waals surface area contributed by atoms with Crippen LogP contribution in [0.5, 0.6) is 0 Å². The Balaban J connectivity index is 1.72. The minimum Gasteiger partial charge on any atom is -0.392 e. The van der Waals surface area contributed by atoms with Crippen molar-refractivity contribution in [1.82, 2.24) is 15.6 Å². The molecule has 0 aliphatic carbocycles. The van der Waals surface area contributed by atoms with Crippen molar-refractivity contribution in [2.24, 2.45) is 0 Å². The quantitative estimate of drug-likeness (QED) is 0.758. The van der Waals surface area contributed by atoms with E-state index in [0.717, 1.165) is 23.2 Å². The number of carbonyl (C=O) groups excluding carboxylic acids is 1. The topological polar surface area (TPSA) is 74.2 Å². The van der Waals surface area contributed by atoms with E-state index < -0.39 is 0 Å². The second-order valence-electron chi connectivity index (χ2n) is 4.27. The standard InChI is InChI=1S/C14H17N3O2S/c18-8-12-4-2-1-3-11(12)7-16-14(19)15-6-5-13-9-20-10-17-13/h1-4,9-10,18H,5-8H2,(H2,15,16,19). The van der Waals surface area contributed by atoms with Gasteiger partial charge in [-0.15, -0.1) is 11.3 Å². The first kappa shape index (κ1) is 14.5. The van der Waals surface area contributed by atoms with Crippen molar-refractivity contribution < 1.29 is 9.90 Å². The van der Waals surface area contributed by atoms with Gasteiger partial charge < -0.3 is 15.7 Å². The van der Waals surface area contributed by atoms with Gasteiger partial charge in [0, 0.05) is 24.9 Å². The van der Waals surface area contributed by atoms with Gasteiger partial charge in [-0.3, -0.25) is 0 Å². The van der Waals surface area contributed by atoms with Crippen LogP contribution in [-0.4, -0.2) is 22.7 Å². The highest BCUT2D eigenvalue weighted by Gasteiger charge is 2.04. The van der Waals surface area contributed by atoms with Crippen LogP contribution in [0.3, 0.4) is 0 Å². The van der Waals surface area contributed by atoms with Crippen LogP contribution in [0.15, 0.2) is 35.2 Å². The maximum absolute atomic E-state index is 11.6. The highest BCUT2D eigenvalue weighted by Crippen LogP contribution is 2.07. The number of carbonyl (C=O) groups is 1. The van der Waals surface area contributed by atoms with Gasteiger partial charge >= 0.3 is 6.03 Å². The molecule has 1 aromatic carbocycles. The number of thiazole rings is 1. The zero-order valence-electron chi connectivity index (χ0n) is 11.0. The number of hydrogen-bond donors (Lipinski definition) is 3. The van der Waals surface area contributed by atoms with Crippen molar-refractivity contribution in [2.75, 3.05) is 6.54 Å². The van der Waals surface area contributed by atoms with Crippen molar-refractivity contribution in [1.29, 1.82) is 0 Å². The van der Waals surface area contributed by atoms with E-state index in [2.05, 4.69) is 15.6 Å². The summed E-state index contributed by atoms with van der Waals surface area (Å²) in [7, 11) is 0. The minimum absolute atomic E-state index is 0.0245. The van der Waals surface area contributed by atoms with Crippen molar-refractivity contribution in [2.45, 2.75) is 19.6 Å². The monoisotopic (exact) mass is 291 g/mol. The molecular formula is C14H17N3O2S. The van der Waals surface area contributed by atoms with Gasteiger partial charge in [0.2, 0.25) is 0 Å². The van der Waals surface area contributed by atoms with E-state index in [0.29, 0.717) is 13.1 Å². The van der Waals surface area contributed by atoms with E-state index >= 15 is 0 Å². The summed E-state index contributed by atoms with van der Waals surface area (Å²) in [5.41, 5.74) is 4.52. The number of hydrogen-bond acceptors (Lipinski definition) is 4. The molecule has 2 aromatic rings.